The first-order valence-corrected chi connectivity index (χ1v) is 12.6. The van der Waals surface area contributed by atoms with E-state index in [0.717, 1.165) is 22.3 Å². The number of carboxylic acids is 1. The van der Waals surface area contributed by atoms with Gasteiger partial charge in [-0.05, 0) is 41.5 Å². The van der Waals surface area contributed by atoms with E-state index in [-0.39, 0.29) is 18.2 Å². The summed E-state index contributed by atoms with van der Waals surface area (Å²) in [6.45, 7) is 0.365. The normalized spacial score (nSPS) is 16.8. The number of carbonyl (C=O) groups excluding carboxylic acids is 2. The summed E-state index contributed by atoms with van der Waals surface area (Å²) in [7, 11) is 0. The molecule has 3 aromatic carbocycles. The number of nitrogens with one attached hydrogen (secondary N) is 1. The van der Waals surface area contributed by atoms with E-state index in [1.165, 1.54) is 4.90 Å². The Morgan fingerprint density at radius 1 is 0.861 bits per heavy atom. The van der Waals surface area contributed by atoms with Gasteiger partial charge < -0.3 is 15.3 Å². The second-order valence-corrected chi connectivity index (χ2v) is 9.69. The van der Waals surface area contributed by atoms with Gasteiger partial charge in [-0.3, -0.25) is 9.59 Å². The summed E-state index contributed by atoms with van der Waals surface area (Å²) in [5.74, 6) is -1.75. The molecule has 0 unspecified atom stereocenters. The molecule has 6 nitrogen and oxygen atoms in total. The average molecular weight is 503 g/mol. The van der Waals surface area contributed by atoms with Crippen LogP contribution in [0.3, 0.4) is 0 Å². The van der Waals surface area contributed by atoms with Gasteiger partial charge in [-0.25, -0.2) is 4.79 Å². The van der Waals surface area contributed by atoms with Crippen LogP contribution >= 0.6 is 12.6 Å². The number of nitrogens with zero attached hydrogens (tertiary/aromatic N) is 1. The molecular weight excluding hydrogens is 472 g/mol. The van der Waals surface area contributed by atoms with Crippen LogP contribution < -0.4 is 5.32 Å². The SMILES string of the molecule is O=C(N[C@@H](Cc1ccc(-c2ccccc2)cc1)C(=O)N1CCC[C@H]1C(=O)O)[C@@H](S)Cc1ccccc1. The van der Waals surface area contributed by atoms with Crippen LogP contribution in [0.5, 0.6) is 0 Å². The Morgan fingerprint density at radius 2 is 1.44 bits per heavy atom. The topological polar surface area (TPSA) is 86.7 Å². The van der Waals surface area contributed by atoms with E-state index in [2.05, 4.69) is 17.9 Å². The van der Waals surface area contributed by atoms with E-state index < -0.39 is 23.3 Å². The van der Waals surface area contributed by atoms with E-state index in [1.54, 1.807) is 0 Å². The second kappa shape index (κ2) is 11.9. The molecule has 7 heteroatoms. The van der Waals surface area contributed by atoms with Crippen molar-refractivity contribution in [1.29, 1.82) is 0 Å². The van der Waals surface area contributed by atoms with Crippen molar-refractivity contribution in [2.45, 2.75) is 43.0 Å². The van der Waals surface area contributed by atoms with Crippen molar-refractivity contribution >= 4 is 30.4 Å². The van der Waals surface area contributed by atoms with Gasteiger partial charge in [0.25, 0.3) is 0 Å². The first-order valence-electron chi connectivity index (χ1n) is 12.1. The summed E-state index contributed by atoms with van der Waals surface area (Å²) in [5.41, 5.74) is 3.98. The Bertz CT molecular complexity index is 1180. The Balaban J connectivity index is 1.52. The molecule has 2 amide bonds. The highest BCUT2D eigenvalue weighted by Gasteiger charge is 2.38. The molecule has 1 fully saturated rings. The maximum Gasteiger partial charge on any atom is 0.326 e. The molecule has 186 valence electrons. The number of amides is 2. The maximum absolute atomic E-state index is 13.5. The summed E-state index contributed by atoms with van der Waals surface area (Å²) in [6, 6.07) is 25.6. The minimum atomic E-state index is -1.02. The quantitative estimate of drug-likeness (QED) is 0.386. The second-order valence-electron chi connectivity index (χ2n) is 9.06. The van der Waals surface area contributed by atoms with Gasteiger partial charge in [0.15, 0.2) is 0 Å². The molecule has 0 spiro atoms. The zero-order valence-electron chi connectivity index (χ0n) is 19.9. The third kappa shape index (κ3) is 6.34. The molecule has 0 aromatic heterocycles. The van der Waals surface area contributed by atoms with Crippen LogP contribution in [0.2, 0.25) is 0 Å². The molecule has 4 rings (SSSR count). The molecule has 1 aliphatic rings. The summed E-state index contributed by atoms with van der Waals surface area (Å²) >= 11 is 4.49. The fraction of sp³-hybridized carbons (Fsp3) is 0.276. The number of carbonyl (C=O) groups is 3. The van der Waals surface area contributed by atoms with Crippen molar-refractivity contribution in [2.24, 2.45) is 0 Å². The Kier molecular flexibility index (Phi) is 8.44. The van der Waals surface area contributed by atoms with E-state index >= 15 is 0 Å². The lowest BCUT2D eigenvalue weighted by Gasteiger charge is -2.28. The number of benzene rings is 3. The molecule has 0 bridgehead atoms. The largest absolute Gasteiger partial charge is 0.480 e. The number of thiol groups is 1. The molecule has 1 saturated heterocycles. The van der Waals surface area contributed by atoms with Gasteiger partial charge in [0.2, 0.25) is 11.8 Å². The van der Waals surface area contributed by atoms with Crippen LogP contribution in [0.4, 0.5) is 0 Å². The summed E-state index contributed by atoms with van der Waals surface area (Å²) < 4.78 is 0. The first-order chi connectivity index (χ1) is 17.4. The maximum atomic E-state index is 13.5. The van der Waals surface area contributed by atoms with Crippen molar-refractivity contribution in [2.75, 3.05) is 6.54 Å². The fourth-order valence-electron chi connectivity index (χ4n) is 4.59. The van der Waals surface area contributed by atoms with Crippen LogP contribution in [0.25, 0.3) is 11.1 Å². The molecule has 1 heterocycles. The van der Waals surface area contributed by atoms with Crippen LogP contribution in [0, 0.1) is 0 Å². The zero-order valence-corrected chi connectivity index (χ0v) is 20.8. The van der Waals surface area contributed by atoms with Crippen LogP contribution in [-0.2, 0) is 27.2 Å². The molecule has 3 atom stereocenters. The highest BCUT2D eigenvalue weighted by molar-refractivity contribution is 7.81. The molecular formula is C29H30N2O4S. The smallest absolute Gasteiger partial charge is 0.326 e. The number of carboxylic acid groups (broad SMARTS) is 1. The third-order valence-electron chi connectivity index (χ3n) is 6.51. The predicted molar refractivity (Wildman–Crippen MR) is 143 cm³/mol. The van der Waals surface area contributed by atoms with Gasteiger partial charge in [0.1, 0.15) is 12.1 Å². The summed E-state index contributed by atoms with van der Waals surface area (Å²) in [5, 5.41) is 11.8. The van der Waals surface area contributed by atoms with E-state index in [1.807, 2.05) is 84.9 Å². The van der Waals surface area contributed by atoms with Crippen molar-refractivity contribution in [3.05, 3.63) is 96.1 Å². The van der Waals surface area contributed by atoms with Gasteiger partial charge in [0, 0.05) is 13.0 Å². The van der Waals surface area contributed by atoms with E-state index in [9.17, 15) is 19.5 Å². The Morgan fingerprint density at radius 3 is 2.08 bits per heavy atom. The first kappa shape index (κ1) is 25.5. The number of aliphatic carboxylic acids is 1. The van der Waals surface area contributed by atoms with Crippen molar-refractivity contribution < 1.29 is 19.5 Å². The van der Waals surface area contributed by atoms with Crippen LogP contribution in [0.1, 0.15) is 24.0 Å². The average Bonchev–Trinajstić information content (AvgIpc) is 3.40. The number of likely N-dealkylation sites (tertiary alicyclic amines) is 1. The zero-order chi connectivity index (χ0) is 25.5. The lowest BCUT2D eigenvalue weighted by molar-refractivity contribution is -0.149. The minimum absolute atomic E-state index is 0.258. The molecule has 2 N–H and O–H groups in total. The standard InChI is InChI=1S/C29H30N2O4S/c32-27(26(36)19-20-8-3-1-4-9-20)30-24(28(33)31-17-7-12-25(31)29(34)35)18-21-13-15-23(16-14-21)22-10-5-2-6-11-22/h1-6,8-11,13-16,24-26,36H,7,12,17-19H2,(H,30,32)(H,34,35)/t24-,25-,26-/m0/s1. The van der Waals surface area contributed by atoms with Crippen molar-refractivity contribution in [3.8, 4) is 11.1 Å². The minimum Gasteiger partial charge on any atom is -0.480 e. The van der Waals surface area contributed by atoms with E-state index in [0.29, 0.717) is 25.8 Å². The molecule has 36 heavy (non-hydrogen) atoms. The van der Waals surface area contributed by atoms with Gasteiger partial charge in [-0.15, -0.1) is 0 Å². The third-order valence-corrected chi connectivity index (χ3v) is 6.93. The van der Waals surface area contributed by atoms with Gasteiger partial charge in [-0.2, -0.15) is 12.6 Å². The van der Waals surface area contributed by atoms with Crippen molar-refractivity contribution in [3.63, 3.8) is 0 Å². The lowest BCUT2D eigenvalue weighted by atomic mass is 9.99. The highest BCUT2D eigenvalue weighted by atomic mass is 32.1. The number of hydrogen-bond acceptors (Lipinski definition) is 4. The predicted octanol–water partition coefficient (Wildman–Crippen LogP) is 4.00. The highest BCUT2D eigenvalue weighted by Crippen LogP contribution is 2.22. The Labute approximate surface area is 216 Å². The van der Waals surface area contributed by atoms with Gasteiger partial charge in [-0.1, -0.05) is 84.9 Å². The number of hydrogen-bond donors (Lipinski definition) is 3. The van der Waals surface area contributed by atoms with Crippen LogP contribution in [0.15, 0.2) is 84.9 Å². The molecule has 1 aliphatic heterocycles. The fourth-order valence-corrected chi connectivity index (χ4v) is 4.87. The van der Waals surface area contributed by atoms with Gasteiger partial charge >= 0.3 is 5.97 Å². The lowest BCUT2D eigenvalue weighted by Crippen LogP contribution is -2.53. The van der Waals surface area contributed by atoms with E-state index in [4.69, 9.17) is 0 Å². The van der Waals surface area contributed by atoms with Gasteiger partial charge in [0.05, 0.1) is 5.25 Å². The molecule has 0 radical (unpaired) electrons. The molecule has 0 saturated carbocycles. The molecule has 0 aliphatic carbocycles. The van der Waals surface area contributed by atoms with Crippen molar-refractivity contribution in [1.82, 2.24) is 10.2 Å². The monoisotopic (exact) mass is 502 g/mol. The van der Waals surface area contributed by atoms with Crippen LogP contribution in [-0.4, -0.2) is 51.7 Å². The molecule has 3 aromatic rings. The summed E-state index contributed by atoms with van der Waals surface area (Å²) in [4.78, 5) is 39.6. The number of rotatable bonds is 9. The summed E-state index contributed by atoms with van der Waals surface area (Å²) in [6.07, 6.45) is 1.72. The Hall–Kier alpha value is -3.58.